The van der Waals surface area contributed by atoms with Gasteiger partial charge in [0.15, 0.2) is 6.10 Å². The number of phenolic OH excluding ortho intramolecular Hbond substituents is 1. The number of likely N-dealkylation sites (tertiary alicyclic amines) is 2. The molecule has 3 heterocycles. The highest BCUT2D eigenvalue weighted by atomic mass is 79.9. The molecule has 2 fully saturated rings. The van der Waals surface area contributed by atoms with Crippen molar-refractivity contribution >= 4 is 67.4 Å². The number of amides is 4. The molecule has 2 aromatic rings. The second kappa shape index (κ2) is 15.0. The Hall–Kier alpha value is -4.09. The van der Waals surface area contributed by atoms with E-state index in [1.54, 1.807) is 17.0 Å². The number of aliphatic imine (C=N–C) groups is 1. The van der Waals surface area contributed by atoms with Gasteiger partial charge in [-0.25, -0.2) is 14.4 Å². The number of aromatic hydroxyl groups is 1. The number of piperidine rings is 1. The number of halogens is 2. The fourth-order valence-corrected chi connectivity index (χ4v) is 7.18. The number of phenols is 1. The Balaban J connectivity index is 1.25. The number of carboxylic acids is 1. The molecule has 0 saturated carbocycles. The first kappa shape index (κ1) is 33.3. The minimum atomic E-state index is -1.31. The lowest BCUT2D eigenvalue weighted by Gasteiger charge is -2.37. The van der Waals surface area contributed by atoms with Crippen molar-refractivity contribution in [2.24, 2.45) is 4.99 Å². The van der Waals surface area contributed by atoms with Crippen LogP contribution in [0.1, 0.15) is 36.8 Å². The second-order valence-electron chi connectivity index (χ2n) is 11.3. The number of anilines is 1. The third kappa shape index (κ3) is 8.00. The molecule has 242 valence electrons. The molecule has 0 spiro atoms. The summed E-state index contributed by atoms with van der Waals surface area (Å²) >= 11 is 6.56. The average Bonchev–Trinajstić information content (AvgIpc) is 3.44. The Morgan fingerprint density at radius 3 is 2.52 bits per heavy atom. The van der Waals surface area contributed by atoms with Crippen molar-refractivity contribution < 1.29 is 34.1 Å². The maximum Gasteiger partial charge on any atom is 0.410 e. The number of nitrogens with zero attached hydrogens (tertiary/aromatic N) is 4. The first-order valence-electron chi connectivity index (χ1n) is 15.0. The summed E-state index contributed by atoms with van der Waals surface area (Å²) < 4.78 is 6.48. The Morgan fingerprint density at radius 2 is 1.80 bits per heavy atom. The van der Waals surface area contributed by atoms with E-state index in [0.29, 0.717) is 60.0 Å². The van der Waals surface area contributed by atoms with Crippen LogP contribution in [0.5, 0.6) is 5.75 Å². The number of hydrogen-bond acceptors (Lipinski definition) is 7. The number of ether oxygens (including phenoxy) is 1. The topological polar surface area (TPSA) is 152 Å². The number of aliphatic carboxylic acids is 1. The van der Waals surface area contributed by atoms with Gasteiger partial charge in [0.25, 0.3) is 5.91 Å². The third-order valence-electron chi connectivity index (χ3n) is 8.36. The van der Waals surface area contributed by atoms with E-state index >= 15 is 0 Å². The van der Waals surface area contributed by atoms with Gasteiger partial charge >= 0.3 is 18.1 Å². The van der Waals surface area contributed by atoms with Crippen LogP contribution in [-0.4, -0.2) is 99.2 Å². The van der Waals surface area contributed by atoms with Crippen molar-refractivity contribution in [2.45, 2.75) is 56.7 Å². The smallest absolute Gasteiger partial charge is 0.410 e. The fourth-order valence-electron chi connectivity index (χ4n) is 5.90. The number of carboxylic acid groups (broad SMARTS) is 1. The summed E-state index contributed by atoms with van der Waals surface area (Å²) in [5.41, 5.74) is 5.10. The summed E-state index contributed by atoms with van der Waals surface area (Å²) in [5.74, 6) is 0.681. The zero-order valence-electron chi connectivity index (χ0n) is 24.8. The normalized spacial score (nSPS) is 18.8. The molecule has 2 atom stereocenters. The molecule has 3 N–H and O–H groups in total. The first-order chi connectivity index (χ1) is 22.1. The standard InChI is InChI=1S/C32H33Br2N5O7/c33-23-17-20(18-24(34)28(23)40)19-27(29(41)35-11-4-13-37-12-3-7-26(37)30(42)43)46-32(45)38-14-9-22(10-15-38)39-16-8-21-5-1-2-6-25(21)36-31(39)44/h1-2,5-6,13,17-18,22,26-27,40H,3,7-10,12,14-16,19H2,(H,36,44)(H,42,43)/t26-,27+/m0/s1. The van der Waals surface area contributed by atoms with E-state index in [1.165, 1.54) is 11.1 Å². The maximum absolute atomic E-state index is 13.3. The van der Waals surface area contributed by atoms with Crippen LogP contribution < -0.4 is 5.32 Å². The number of benzene rings is 2. The van der Waals surface area contributed by atoms with Crippen molar-refractivity contribution in [3.05, 3.63) is 68.4 Å². The lowest BCUT2D eigenvalue weighted by atomic mass is 10.0. The van der Waals surface area contributed by atoms with Gasteiger partial charge in [0.05, 0.1) is 15.1 Å². The largest absolute Gasteiger partial charge is 0.506 e. The first-order valence-corrected chi connectivity index (χ1v) is 16.5. The molecule has 0 unspecified atom stereocenters. The summed E-state index contributed by atoms with van der Waals surface area (Å²) in [6, 6.07) is 10.1. The lowest BCUT2D eigenvalue weighted by Crippen LogP contribution is -2.50. The molecule has 2 aromatic carbocycles. The molecule has 46 heavy (non-hydrogen) atoms. The highest BCUT2D eigenvalue weighted by Gasteiger charge is 2.34. The van der Waals surface area contributed by atoms with Crippen LogP contribution in [-0.2, 0) is 27.2 Å². The number of carbonyl (C=O) groups is 4. The van der Waals surface area contributed by atoms with E-state index < -0.39 is 30.1 Å². The molecular formula is C32H33Br2N5O7. The van der Waals surface area contributed by atoms with Gasteiger partial charge in [0.2, 0.25) is 0 Å². The number of hydrogen-bond donors (Lipinski definition) is 3. The molecule has 5 rings (SSSR count). The van der Waals surface area contributed by atoms with Crippen LogP contribution in [0.2, 0.25) is 0 Å². The SMILES string of the molecule is O=C(N=C=C=CN1CCC[C@H]1C(=O)O)[C@@H](Cc1cc(Br)c(O)c(Br)c1)OC(=O)N1CCC(N2CCc3ccccc3NC2=O)CC1. The molecule has 14 heteroatoms. The summed E-state index contributed by atoms with van der Waals surface area (Å²) in [5, 5.41) is 22.4. The van der Waals surface area contributed by atoms with Gasteiger partial charge in [-0.05, 0) is 99.0 Å². The van der Waals surface area contributed by atoms with Crippen molar-refractivity contribution in [3.63, 3.8) is 0 Å². The number of rotatable bonds is 7. The van der Waals surface area contributed by atoms with Gasteiger partial charge in [-0.3, -0.25) is 4.79 Å². The van der Waals surface area contributed by atoms with Crippen LogP contribution >= 0.6 is 31.9 Å². The van der Waals surface area contributed by atoms with Crippen LogP contribution in [0, 0.1) is 0 Å². The Labute approximate surface area is 282 Å². The van der Waals surface area contributed by atoms with Gasteiger partial charge in [0, 0.05) is 50.2 Å². The van der Waals surface area contributed by atoms with E-state index in [0.717, 1.165) is 24.1 Å². The monoisotopic (exact) mass is 757 g/mol. The number of nitrogens with one attached hydrogen (secondary N) is 1. The second-order valence-corrected chi connectivity index (χ2v) is 13.0. The molecular weight excluding hydrogens is 726 g/mol. The van der Waals surface area contributed by atoms with Crippen molar-refractivity contribution in [1.82, 2.24) is 14.7 Å². The van der Waals surface area contributed by atoms with Crippen molar-refractivity contribution in [1.29, 1.82) is 0 Å². The fraction of sp³-hybridized carbons (Fsp3) is 0.406. The zero-order chi connectivity index (χ0) is 32.8. The van der Waals surface area contributed by atoms with Gasteiger partial charge in [0.1, 0.15) is 11.8 Å². The van der Waals surface area contributed by atoms with Gasteiger partial charge < -0.3 is 35.0 Å². The molecule has 0 aromatic heterocycles. The summed E-state index contributed by atoms with van der Waals surface area (Å²) in [6.07, 6.45) is 2.44. The van der Waals surface area contributed by atoms with E-state index in [4.69, 9.17) is 4.74 Å². The Kier molecular flexibility index (Phi) is 10.9. The maximum atomic E-state index is 13.3. The summed E-state index contributed by atoms with van der Waals surface area (Å²) in [6.45, 7) is 1.78. The third-order valence-corrected chi connectivity index (χ3v) is 9.57. The molecule has 12 nitrogen and oxygen atoms in total. The minimum absolute atomic E-state index is 0.0128. The van der Waals surface area contributed by atoms with E-state index in [2.05, 4.69) is 53.8 Å². The Bertz CT molecular complexity index is 1590. The van der Waals surface area contributed by atoms with E-state index in [1.807, 2.05) is 29.2 Å². The average molecular weight is 759 g/mol. The number of fused-ring (bicyclic) bond motifs is 1. The summed E-state index contributed by atoms with van der Waals surface area (Å²) in [4.78, 5) is 59.6. The van der Waals surface area contributed by atoms with Crippen LogP contribution in [0.15, 0.2) is 62.3 Å². The number of carbonyl (C=O) groups excluding carboxylic acids is 3. The van der Waals surface area contributed by atoms with Gasteiger partial charge in [-0.15, -0.1) is 0 Å². The molecule has 3 aliphatic heterocycles. The minimum Gasteiger partial charge on any atom is -0.506 e. The molecule has 4 amide bonds. The molecule has 0 radical (unpaired) electrons. The zero-order valence-corrected chi connectivity index (χ0v) is 28.0. The van der Waals surface area contributed by atoms with Crippen LogP contribution in [0.3, 0.4) is 0 Å². The number of para-hydroxylation sites is 1. The van der Waals surface area contributed by atoms with E-state index in [9.17, 15) is 29.4 Å². The molecule has 0 bridgehead atoms. The highest BCUT2D eigenvalue weighted by molar-refractivity contribution is 9.11. The summed E-state index contributed by atoms with van der Waals surface area (Å²) in [7, 11) is 0. The van der Waals surface area contributed by atoms with Crippen LogP contribution in [0.4, 0.5) is 15.3 Å². The van der Waals surface area contributed by atoms with E-state index in [-0.39, 0.29) is 24.2 Å². The quantitative estimate of drug-likeness (QED) is 0.266. The van der Waals surface area contributed by atoms with Crippen LogP contribution in [0.25, 0.3) is 0 Å². The highest BCUT2D eigenvalue weighted by Crippen LogP contribution is 2.34. The van der Waals surface area contributed by atoms with Crippen molar-refractivity contribution in [3.8, 4) is 5.75 Å². The lowest BCUT2D eigenvalue weighted by molar-refractivity contribution is -0.141. The predicted molar refractivity (Wildman–Crippen MR) is 176 cm³/mol. The number of urea groups is 1. The molecule has 0 aliphatic carbocycles. The van der Waals surface area contributed by atoms with Gasteiger partial charge in [-0.2, -0.15) is 4.99 Å². The predicted octanol–water partition coefficient (Wildman–Crippen LogP) is 4.93. The molecule has 3 aliphatic rings. The van der Waals surface area contributed by atoms with Crippen molar-refractivity contribution in [2.75, 3.05) is 31.5 Å². The Morgan fingerprint density at radius 1 is 1.09 bits per heavy atom. The van der Waals surface area contributed by atoms with Gasteiger partial charge in [-0.1, -0.05) is 18.2 Å². The molecule has 2 saturated heterocycles.